The van der Waals surface area contributed by atoms with Gasteiger partial charge >= 0.3 is 5.97 Å². The fourth-order valence-electron chi connectivity index (χ4n) is 1.59. The first kappa shape index (κ1) is 15.4. The standard InChI is InChI=1S/C11H20N2O4/c1-4-13(8(2)7-11(16)17)10(15)5-6-12-9(3)14/h8H,4-7H2,1-3H3,(H,12,14)(H,16,17). The molecular weight excluding hydrogens is 224 g/mol. The Balaban J connectivity index is 4.20. The Kier molecular flexibility index (Phi) is 6.93. The summed E-state index contributed by atoms with van der Waals surface area (Å²) in [4.78, 5) is 34.5. The van der Waals surface area contributed by atoms with Gasteiger partial charge in [0.2, 0.25) is 11.8 Å². The van der Waals surface area contributed by atoms with E-state index in [1.165, 1.54) is 11.8 Å². The van der Waals surface area contributed by atoms with Crippen molar-refractivity contribution < 1.29 is 19.5 Å². The van der Waals surface area contributed by atoms with Gasteiger partial charge in [-0.1, -0.05) is 0 Å². The quantitative estimate of drug-likeness (QED) is 0.671. The highest BCUT2D eigenvalue weighted by atomic mass is 16.4. The number of nitrogens with one attached hydrogen (secondary N) is 1. The predicted molar refractivity (Wildman–Crippen MR) is 62.4 cm³/mol. The lowest BCUT2D eigenvalue weighted by Gasteiger charge is -2.27. The normalized spacial score (nSPS) is 11.7. The van der Waals surface area contributed by atoms with E-state index in [1.54, 1.807) is 13.8 Å². The van der Waals surface area contributed by atoms with E-state index < -0.39 is 5.97 Å². The molecule has 1 atom stereocenters. The Morgan fingerprint density at radius 1 is 1.35 bits per heavy atom. The highest BCUT2D eigenvalue weighted by Gasteiger charge is 2.20. The third-order valence-corrected chi connectivity index (χ3v) is 2.38. The van der Waals surface area contributed by atoms with Crippen LogP contribution in [0.5, 0.6) is 0 Å². The minimum Gasteiger partial charge on any atom is -0.481 e. The highest BCUT2D eigenvalue weighted by Crippen LogP contribution is 2.05. The summed E-state index contributed by atoms with van der Waals surface area (Å²) in [7, 11) is 0. The molecule has 0 aromatic heterocycles. The summed E-state index contributed by atoms with van der Waals surface area (Å²) in [5.41, 5.74) is 0. The van der Waals surface area contributed by atoms with Gasteiger partial charge in [-0.3, -0.25) is 14.4 Å². The Labute approximate surface area is 101 Å². The van der Waals surface area contributed by atoms with Crippen LogP contribution in [0.25, 0.3) is 0 Å². The van der Waals surface area contributed by atoms with E-state index in [1.807, 2.05) is 0 Å². The first-order valence-corrected chi connectivity index (χ1v) is 5.64. The number of rotatable bonds is 7. The lowest BCUT2D eigenvalue weighted by Crippen LogP contribution is -2.41. The van der Waals surface area contributed by atoms with Crippen molar-refractivity contribution >= 4 is 17.8 Å². The van der Waals surface area contributed by atoms with Gasteiger partial charge in [0.15, 0.2) is 0 Å². The molecule has 2 amide bonds. The SMILES string of the molecule is CCN(C(=O)CCNC(C)=O)C(C)CC(=O)O. The summed E-state index contributed by atoms with van der Waals surface area (Å²) in [5.74, 6) is -1.25. The maximum Gasteiger partial charge on any atom is 0.305 e. The zero-order valence-corrected chi connectivity index (χ0v) is 10.5. The fourth-order valence-corrected chi connectivity index (χ4v) is 1.59. The van der Waals surface area contributed by atoms with Gasteiger partial charge in [0.05, 0.1) is 6.42 Å². The minimum atomic E-state index is -0.925. The van der Waals surface area contributed by atoms with Crippen molar-refractivity contribution in [1.29, 1.82) is 0 Å². The topological polar surface area (TPSA) is 86.7 Å². The van der Waals surface area contributed by atoms with Crippen LogP contribution in [-0.4, -0.2) is 46.9 Å². The molecule has 0 rings (SSSR count). The molecule has 0 radical (unpaired) electrons. The monoisotopic (exact) mass is 244 g/mol. The van der Waals surface area contributed by atoms with Crippen LogP contribution in [0.15, 0.2) is 0 Å². The van der Waals surface area contributed by atoms with Crippen LogP contribution < -0.4 is 5.32 Å². The number of carboxylic acids is 1. The molecule has 0 saturated heterocycles. The Morgan fingerprint density at radius 3 is 2.35 bits per heavy atom. The van der Waals surface area contributed by atoms with Gasteiger partial charge in [0.1, 0.15) is 0 Å². The van der Waals surface area contributed by atoms with Crippen molar-refractivity contribution in [3.63, 3.8) is 0 Å². The smallest absolute Gasteiger partial charge is 0.305 e. The zero-order chi connectivity index (χ0) is 13.4. The lowest BCUT2D eigenvalue weighted by molar-refractivity contribution is -0.140. The van der Waals surface area contributed by atoms with E-state index in [2.05, 4.69) is 5.32 Å². The van der Waals surface area contributed by atoms with Gasteiger partial charge in [-0.15, -0.1) is 0 Å². The molecule has 0 aromatic rings. The molecule has 17 heavy (non-hydrogen) atoms. The Morgan fingerprint density at radius 2 is 1.94 bits per heavy atom. The number of aliphatic carboxylic acids is 1. The van der Waals surface area contributed by atoms with Gasteiger partial charge in [-0.25, -0.2) is 0 Å². The summed E-state index contributed by atoms with van der Waals surface area (Å²) in [6, 6.07) is -0.331. The number of hydrogen-bond acceptors (Lipinski definition) is 3. The second kappa shape index (κ2) is 7.65. The average Bonchev–Trinajstić information content (AvgIpc) is 2.16. The number of hydrogen-bond donors (Lipinski definition) is 2. The van der Waals surface area contributed by atoms with E-state index in [0.717, 1.165) is 0 Å². The summed E-state index contributed by atoms with van der Waals surface area (Å²) in [6.45, 7) is 5.63. The van der Waals surface area contributed by atoms with Gasteiger partial charge in [-0.2, -0.15) is 0 Å². The van der Waals surface area contributed by atoms with Crippen molar-refractivity contribution in [2.24, 2.45) is 0 Å². The average molecular weight is 244 g/mol. The molecule has 0 spiro atoms. The van der Waals surface area contributed by atoms with Crippen LogP contribution in [0.2, 0.25) is 0 Å². The molecular formula is C11H20N2O4. The van der Waals surface area contributed by atoms with Crippen molar-refractivity contribution in [2.75, 3.05) is 13.1 Å². The summed E-state index contributed by atoms with van der Waals surface area (Å²) < 4.78 is 0. The molecule has 6 nitrogen and oxygen atoms in total. The molecule has 0 saturated carbocycles. The predicted octanol–water partition coefficient (Wildman–Crippen LogP) is 0.224. The van der Waals surface area contributed by atoms with Gasteiger partial charge in [0, 0.05) is 32.5 Å². The first-order chi connectivity index (χ1) is 7.88. The maximum absolute atomic E-state index is 11.8. The van der Waals surface area contributed by atoms with Crippen LogP contribution >= 0.6 is 0 Å². The molecule has 0 aliphatic carbocycles. The third kappa shape index (κ3) is 6.55. The molecule has 2 N–H and O–H groups in total. The fraction of sp³-hybridized carbons (Fsp3) is 0.727. The van der Waals surface area contributed by atoms with E-state index in [-0.39, 0.29) is 37.2 Å². The van der Waals surface area contributed by atoms with Crippen LogP contribution in [-0.2, 0) is 14.4 Å². The van der Waals surface area contributed by atoms with E-state index in [0.29, 0.717) is 6.54 Å². The van der Waals surface area contributed by atoms with Gasteiger partial charge in [-0.05, 0) is 13.8 Å². The summed E-state index contributed by atoms with van der Waals surface area (Å²) >= 11 is 0. The second-order valence-electron chi connectivity index (χ2n) is 3.86. The van der Waals surface area contributed by atoms with E-state index in [4.69, 9.17) is 5.11 Å². The first-order valence-electron chi connectivity index (χ1n) is 5.64. The molecule has 0 aliphatic rings. The zero-order valence-electron chi connectivity index (χ0n) is 10.5. The largest absolute Gasteiger partial charge is 0.481 e. The van der Waals surface area contributed by atoms with E-state index >= 15 is 0 Å². The highest BCUT2D eigenvalue weighted by molar-refractivity contribution is 5.79. The number of nitrogens with zero attached hydrogens (tertiary/aromatic N) is 1. The maximum atomic E-state index is 11.8. The van der Waals surface area contributed by atoms with Crippen LogP contribution in [0.1, 0.15) is 33.6 Å². The molecule has 0 aliphatic heterocycles. The Bertz CT molecular complexity index is 291. The number of amides is 2. The summed E-state index contributed by atoms with van der Waals surface area (Å²) in [5, 5.41) is 11.2. The van der Waals surface area contributed by atoms with Crippen LogP contribution in [0.3, 0.4) is 0 Å². The molecule has 6 heteroatoms. The van der Waals surface area contributed by atoms with E-state index in [9.17, 15) is 14.4 Å². The van der Waals surface area contributed by atoms with Crippen molar-refractivity contribution in [1.82, 2.24) is 10.2 Å². The van der Waals surface area contributed by atoms with Crippen molar-refractivity contribution in [3.8, 4) is 0 Å². The number of carboxylic acid groups (broad SMARTS) is 1. The summed E-state index contributed by atoms with van der Waals surface area (Å²) in [6.07, 6.45) is 0.122. The lowest BCUT2D eigenvalue weighted by atomic mass is 10.2. The molecule has 0 aromatic carbocycles. The molecule has 0 heterocycles. The third-order valence-electron chi connectivity index (χ3n) is 2.38. The molecule has 98 valence electrons. The minimum absolute atomic E-state index is 0.0697. The number of carbonyl (C=O) groups is 3. The van der Waals surface area contributed by atoms with Crippen LogP contribution in [0.4, 0.5) is 0 Å². The second-order valence-corrected chi connectivity index (χ2v) is 3.86. The van der Waals surface area contributed by atoms with Gasteiger partial charge < -0.3 is 15.3 Å². The van der Waals surface area contributed by atoms with Crippen molar-refractivity contribution in [2.45, 2.75) is 39.7 Å². The Hall–Kier alpha value is -1.59. The van der Waals surface area contributed by atoms with Gasteiger partial charge in [0.25, 0.3) is 0 Å². The number of carbonyl (C=O) groups excluding carboxylic acids is 2. The van der Waals surface area contributed by atoms with Crippen molar-refractivity contribution in [3.05, 3.63) is 0 Å². The van der Waals surface area contributed by atoms with Crippen LogP contribution in [0, 0.1) is 0 Å². The molecule has 0 fully saturated rings. The molecule has 0 bridgehead atoms. The molecule has 1 unspecified atom stereocenters.